The van der Waals surface area contributed by atoms with E-state index in [1.807, 2.05) is 43.3 Å². The van der Waals surface area contributed by atoms with Crippen molar-refractivity contribution in [3.8, 4) is 11.5 Å². The Kier molecular flexibility index (Phi) is 7.57. The zero-order chi connectivity index (χ0) is 25.0. The highest BCUT2D eigenvalue weighted by atomic mass is 32.2. The van der Waals surface area contributed by atoms with Gasteiger partial charge in [-0.25, -0.2) is 8.42 Å². The van der Waals surface area contributed by atoms with Crippen LogP contribution in [-0.4, -0.2) is 39.8 Å². The van der Waals surface area contributed by atoms with E-state index in [9.17, 15) is 13.2 Å². The Morgan fingerprint density at radius 1 is 1.03 bits per heavy atom. The van der Waals surface area contributed by atoms with Gasteiger partial charge in [-0.3, -0.25) is 9.10 Å². The first-order valence-electron chi connectivity index (χ1n) is 11.2. The third kappa shape index (κ3) is 6.10. The number of ether oxygens (including phenoxy) is 2. The number of amides is 1. The normalized spacial score (nSPS) is 13.7. The van der Waals surface area contributed by atoms with E-state index in [0.29, 0.717) is 36.1 Å². The molecule has 0 unspecified atom stereocenters. The van der Waals surface area contributed by atoms with Gasteiger partial charge in [-0.05, 0) is 55.3 Å². The predicted octanol–water partition coefficient (Wildman–Crippen LogP) is 4.85. The van der Waals surface area contributed by atoms with Gasteiger partial charge >= 0.3 is 0 Å². The number of nitrogens with zero attached hydrogens (tertiary/aromatic N) is 1. The molecule has 4 rings (SSSR count). The minimum Gasteiger partial charge on any atom is -0.486 e. The van der Waals surface area contributed by atoms with Crippen molar-refractivity contribution < 1.29 is 22.7 Å². The van der Waals surface area contributed by atoms with Gasteiger partial charge in [-0.1, -0.05) is 30.3 Å². The molecule has 0 saturated carbocycles. The average Bonchev–Trinajstić information content (AvgIpc) is 2.84. The Hall–Kier alpha value is -3.17. The van der Waals surface area contributed by atoms with Crippen LogP contribution in [0.1, 0.15) is 18.1 Å². The predicted molar refractivity (Wildman–Crippen MR) is 140 cm³/mol. The summed E-state index contributed by atoms with van der Waals surface area (Å²) in [5, 5.41) is 2.89. The largest absolute Gasteiger partial charge is 0.486 e. The van der Waals surface area contributed by atoms with Gasteiger partial charge in [0.15, 0.2) is 11.5 Å². The summed E-state index contributed by atoms with van der Waals surface area (Å²) >= 11 is 1.74. The SMILES string of the molecule is Cc1cc(CSc2ccccc2)ccc1NC(=O)[C@@H](C)N(c1ccc2c(c1)OCCO2)S(C)(=O)=O. The number of anilines is 2. The molecule has 1 aliphatic heterocycles. The van der Waals surface area contributed by atoms with E-state index < -0.39 is 22.0 Å². The zero-order valence-corrected chi connectivity index (χ0v) is 21.5. The third-order valence-electron chi connectivity index (χ3n) is 5.57. The van der Waals surface area contributed by atoms with Crippen LogP contribution in [0.4, 0.5) is 11.4 Å². The molecule has 1 atom stereocenters. The van der Waals surface area contributed by atoms with Gasteiger partial charge in [0, 0.05) is 22.4 Å². The molecule has 1 amide bonds. The molecule has 0 saturated heterocycles. The Morgan fingerprint density at radius 2 is 1.74 bits per heavy atom. The van der Waals surface area contributed by atoms with Gasteiger partial charge < -0.3 is 14.8 Å². The number of fused-ring (bicyclic) bond motifs is 1. The maximum atomic E-state index is 13.1. The van der Waals surface area contributed by atoms with Crippen LogP contribution in [0.2, 0.25) is 0 Å². The lowest BCUT2D eigenvalue weighted by Crippen LogP contribution is -2.45. The van der Waals surface area contributed by atoms with Crippen molar-refractivity contribution >= 4 is 39.1 Å². The van der Waals surface area contributed by atoms with Crippen LogP contribution in [-0.2, 0) is 20.6 Å². The van der Waals surface area contributed by atoms with Gasteiger partial charge in [0.05, 0.1) is 11.9 Å². The number of thioether (sulfide) groups is 1. The number of benzene rings is 3. The van der Waals surface area contributed by atoms with Gasteiger partial charge in [0.25, 0.3) is 0 Å². The van der Waals surface area contributed by atoms with E-state index in [2.05, 4.69) is 17.4 Å². The Balaban J connectivity index is 1.48. The maximum Gasteiger partial charge on any atom is 0.248 e. The van der Waals surface area contributed by atoms with Crippen molar-refractivity contribution in [1.29, 1.82) is 0 Å². The lowest BCUT2D eigenvalue weighted by molar-refractivity contribution is -0.116. The Morgan fingerprint density at radius 3 is 2.43 bits per heavy atom. The number of hydrogen-bond donors (Lipinski definition) is 1. The second kappa shape index (κ2) is 10.6. The quantitative estimate of drug-likeness (QED) is 0.434. The number of rotatable bonds is 8. The van der Waals surface area contributed by atoms with E-state index in [1.54, 1.807) is 36.9 Å². The lowest BCUT2D eigenvalue weighted by atomic mass is 10.1. The fourth-order valence-corrected chi connectivity index (χ4v) is 5.88. The lowest BCUT2D eigenvalue weighted by Gasteiger charge is -2.29. The van der Waals surface area contributed by atoms with E-state index in [1.165, 1.54) is 4.90 Å². The summed E-state index contributed by atoms with van der Waals surface area (Å²) in [5.41, 5.74) is 3.02. The van der Waals surface area contributed by atoms with Crippen molar-refractivity contribution in [2.45, 2.75) is 30.5 Å². The van der Waals surface area contributed by atoms with Crippen LogP contribution in [0.15, 0.2) is 71.6 Å². The first-order chi connectivity index (χ1) is 16.7. The molecule has 1 aliphatic rings. The number of aryl methyl sites for hydroxylation is 1. The summed E-state index contributed by atoms with van der Waals surface area (Å²) in [6.45, 7) is 4.30. The van der Waals surface area contributed by atoms with Crippen LogP contribution in [0.25, 0.3) is 0 Å². The standard InChI is InChI=1S/C26H28N2O5S2/c1-18-15-20(17-34-22-7-5-4-6-8-22)9-11-23(18)27-26(29)19(2)28(35(3,30)31)21-10-12-24-25(16-21)33-14-13-32-24/h4-12,15-16,19H,13-14,17H2,1-3H3,(H,27,29)/t19-/m1/s1. The topological polar surface area (TPSA) is 84.9 Å². The zero-order valence-electron chi connectivity index (χ0n) is 19.9. The summed E-state index contributed by atoms with van der Waals surface area (Å²) in [6.07, 6.45) is 1.08. The Bertz CT molecular complexity index is 1310. The fourth-order valence-electron chi connectivity index (χ4n) is 3.85. The highest BCUT2D eigenvalue weighted by Gasteiger charge is 2.30. The maximum absolute atomic E-state index is 13.1. The fraction of sp³-hybridized carbons (Fsp3) is 0.269. The molecule has 1 heterocycles. The summed E-state index contributed by atoms with van der Waals surface area (Å²) < 4.78 is 37.5. The molecule has 3 aromatic rings. The highest BCUT2D eigenvalue weighted by Crippen LogP contribution is 2.35. The van der Waals surface area contributed by atoms with Gasteiger partial charge in [-0.2, -0.15) is 0 Å². The molecule has 184 valence electrons. The molecule has 0 bridgehead atoms. The van der Waals surface area contributed by atoms with Crippen molar-refractivity contribution in [3.63, 3.8) is 0 Å². The van der Waals surface area contributed by atoms with Crippen molar-refractivity contribution in [3.05, 3.63) is 77.9 Å². The molecule has 3 aromatic carbocycles. The van der Waals surface area contributed by atoms with Crippen LogP contribution >= 0.6 is 11.8 Å². The monoisotopic (exact) mass is 512 g/mol. The smallest absolute Gasteiger partial charge is 0.248 e. The molecule has 1 N–H and O–H groups in total. The molecule has 9 heteroatoms. The molecule has 0 fully saturated rings. The molecule has 0 aliphatic carbocycles. The highest BCUT2D eigenvalue weighted by molar-refractivity contribution is 7.98. The number of sulfonamides is 1. The van der Waals surface area contributed by atoms with Gasteiger partial charge in [-0.15, -0.1) is 11.8 Å². The second-order valence-electron chi connectivity index (χ2n) is 8.30. The van der Waals surface area contributed by atoms with E-state index in [0.717, 1.165) is 27.4 Å². The molecule has 0 aromatic heterocycles. The van der Waals surface area contributed by atoms with Crippen molar-refractivity contribution in [2.24, 2.45) is 0 Å². The van der Waals surface area contributed by atoms with E-state index in [4.69, 9.17) is 9.47 Å². The Labute approximate surface area is 210 Å². The number of hydrogen-bond acceptors (Lipinski definition) is 6. The van der Waals surface area contributed by atoms with Crippen molar-refractivity contribution in [2.75, 3.05) is 29.1 Å². The molecular formula is C26H28N2O5S2. The first-order valence-corrected chi connectivity index (χ1v) is 14.0. The second-order valence-corrected chi connectivity index (χ2v) is 11.2. The minimum atomic E-state index is -3.76. The van der Waals surface area contributed by atoms with Crippen LogP contribution < -0.4 is 19.1 Å². The molecule has 0 spiro atoms. The molecular weight excluding hydrogens is 484 g/mol. The summed E-state index contributed by atoms with van der Waals surface area (Å²) in [4.78, 5) is 14.3. The number of nitrogens with one attached hydrogen (secondary N) is 1. The summed E-state index contributed by atoms with van der Waals surface area (Å²) in [6, 6.07) is 19.9. The van der Waals surface area contributed by atoms with Crippen molar-refractivity contribution in [1.82, 2.24) is 0 Å². The van der Waals surface area contributed by atoms with E-state index in [-0.39, 0.29) is 0 Å². The third-order valence-corrected chi connectivity index (χ3v) is 7.89. The summed E-state index contributed by atoms with van der Waals surface area (Å²) in [7, 11) is -3.76. The molecule has 0 radical (unpaired) electrons. The number of carbonyl (C=O) groups is 1. The van der Waals surface area contributed by atoms with Crippen LogP contribution in [0.3, 0.4) is 0 Å². The van der Waals surface area contributed by atoms with Gasteiger partial charge in [0.1, 0.15) is 19.3 Å². The first kappa shape index (κ1) is 24.9. The summed E-state index contributed by atoms with van der Waals surface area (Å²) in [5.74, 6) is 1.38. The van der Waals surface area contributed by atoms with Crippen LogP contribution in [0.5, 0.6) is 11.5 Å². The molecule has 7 nitrogen and oxygen atoms in total. The van der Waals surface area contributed by atoms with Gasteiger partial charge in [0.2, 0.25) is 15.9 Å². The number of carbonyl (C=O) groups excluding carboxylic acids is 1. The molecule has 35 heavy (non-hydrogen) atoms. The van der Waals surface area contributed by atoms with E-state index >= 15 is 0 Å². The van der Waals surface area contributed by atoms with Crippen LogP contribution in [0, 0.1) is 6.92 Å². The average molecular weight is 513 g/mol. The minimum absolute atomic E-state index is 0.337.